The molecule has 0 unspecified atom stereocenters. The maximum Gasteiger partial charge on any atom is 0.254 e. The molecule has 132 valence electrons. The highest BCUT2D eigenvalue weighted by atomic mass is 16.5. The van der Waals surface area contributed by atoms with Crippen LogP contribution in [0.5, 0.6) is 5.75 Å². The summed E-state index contributed by atoms with van der Waals surface area (Å²) in [6.07, 6.45) is 0. The predicted molar refractivity (Wildman–Crippen MR) is 104 cm³/mol. The molecule has 3 aromatic rings. The normalized spacial score (nSPS) is 11.6. The number of rotatable bonds is 6. The van der Waals surface area contributed by atoms with Crippen molar-refractivity contribution in [2.24, 2.45) is 0 Å². The van der Waals surface area contributed by atoms with Gasteiger partial charge in [-0.3, -0.25) is 4.79 Å². The lowest BCUT2D eigenvalue weighted by Crippen LogP contribution is -2.33. The Morgan fingerprint density at radius 2 is 1.46 bits per heavy atom. The summed E-state index contributed by atoms with van der Waals surface area (Å²) in [5, 5.41) is 0. The Balaban J connectivity index is 1.92. The molecule has 3 aromatic carbocycles. The number of hydrogen-bond donors (Lipinski definition) is 0. The molecule has 0 aliphatic carbocycles. The molecule has 1 atom stereocenters. The van der Waals surface area contributed by atoms with Crippen molar-refractivity contribution in [2.45, 2.75) is 19.5 Å². The highest BCUT2D eigenvalue weighted by Crippen LogP contribution is 2.25. The molecule has 0 aromatic heterocycles. The molecule has 0 spiro atoms. The molecular formula is C23H23NO2. The Hall–Kier alpha value is -3.07. The van der Waals surface area contributed by atoms with Crippen molar-refractivity contribution in [3.05, 3.63) is 102 Å². The van der Waals surface area contributed by atoms with E-state index in [9.17, 15) is 4.79 Å². The van der Waals surface area contributed by atoms with Gasteiger partial charge in [-0.15, -0.1) is 0 Å². The minimum Gasteiger partial charge on any atom is -0.497 e. The molecule has 3 nitrogen and oxygen atoms in total. The topological polar surface area (TPSA) is 29.5 Å². The first-order chi connectivity index (χ1) is 12.7. The summed E-state index contributed by atoms with van der Waals surface area (Å²) in [7, 11) is 1.62. The SMILES string of the molecule is COc1ccc(C(=O)N(Cc2ccccc2)[C@@H](C)c2ccccc2)cc1. The number of nitrogens with zero attached hydrogens (tertiary/aromatic N) is 1. The van der Waals surface area contributed by atoms with E-state index in [0.717, 1.165) is 16.9 Å². The van der Waals surface area contributed by atoms with Crippen LogP contribution in [0.15, 0.2) is 84.9 Å². The van der Waals surface area contributed by atoms with Gasteiger partial charge in [0.1, 0.15) is 5.75 Å². The Morgan fingerprint density at radius 3 is 2.04 bits per heavy atom. The zero-order chi connectivity index (χ0) is 18.4. The van der Waals surface area contributed by atoms with E-state index in [1.807, 2.05) is 77.7 Å². The average Bonchev–Trinajstić information content (AvgIpc) is 2.72. The fourth-order valence-electron chi connectivity index (χ4n) is 2.98. The van der Waals surface area contributed by atoms with Gasteiger partial charge >= 0.3 is 0 Å². The maximum atomic E-state index is 13.2. The van der Waals surface area contributed by atoms with Crippen LogP contribution in [0, 0.1) is 0 Å². The molecule has 0 N–H and O–H groups in total. The van der Waals surface area contributed by atoms with Crippen LogP contribution in [0.2, 0.25) is 0 Å². The maximum absolute atomic E-state index is 13.2. The van der Waals surface area contributed by atoms with E-state index in [0.29, 0.717) is 12.1 Å². The van der Waals surface area contributed by atoms with Crippen LogP contribution >= 0.6 is 0 Å². The molecule has 0 aliphatic heterocycles. The van der Waals surface area contributed by atoms with Gasteiger partial charge in [0.2, 0.25) is 0 Å². The molecule has 3 rings (SSSR count). The molecule has 3 heteroatoms. The number of benzene rings is 3. The van der Waals surface area contributed by atoms with Crippen molar-refractivity contribution < 1.29 is 9.53 Å². The van der Waals surface area contributed by atoms with E-state index in [-0.39, 0.29) is 11.9 Å². The molecule has 0 aliphatic rings. The smallest absolute Gasteiger partial charge is 0.254 e. The van der Waals surface area contributed by atoms with E-state index in [1.165, 1.54) is 0 Å². The van der Waals surface area contributed by atoms with Gasteiger partial charge in [-0.2, -0.15) is 0 Å². The summed E-state index contributed by atoms with van der Waals surface area (Å²) >= 11 is 0. The molecule has 0 saturated carbocycles. The van der Waals surface area contributed by atoms with Crippen LogP contribution in [0.25, 0.3) is 0 Å². The van der Waals surface area contributed by atoms with Crippen LogP contribution < -0.4 is 4.74 Å². The second-order valence-electron chi connectivity index (χ2n) is 6.23. The lowest BCUT2D eigenvalue weighted by Gasteiger charge is -2.30. The molecule has 1 amide bonds. The first-order valence-corrected chi connectivity index (χ1v) is 8.73. The summed E-state index contributed by atoms with van der Waals surface area (Å²) in [5.41, 5.74) is 2.88. The number of ether oxygens (including phenoxy) is 1. The highest BCUT2D eigenvalue weighted by Gasteiger charge is 2.23. The Kier molecular flexibility index (Phi) is 5.69. The first kappa shape index (κ1) is 17.7. The van der Waals surface area contributed by atoms with E-state index in [1.54, 1.807) is 7.11 Å². The van der Waals surface area contributed by atoms with Gasteiger partial charge in [0, 0.05) is 12.1 Å². The van der Waals surface area contributed by atoms with Crippen molar-refractivity contribution in [1.29, 1.82) is 0 Å². The van der Waals surface area contributed by atoms with Gasteiger partial charge in [-0.25, -0.2) is 0 Å². The van der Waals surface area contributed by atoms with Crippen molar-refractivity contribution in [3.63, 3.8) is 0 Å². The third kappa shape index (κ3) is 4.12. The van der Waals surface area contributed by atoms with E-state index >= 15 is 0 Å². The van der Waals surface area contributed by atoms with Gasteiger partial charge in [0.05, 0.1) is 13.2 Å². The van der Waals surface area contributed by atoms with Crippen molar-refractivity contribution >= 4 is 5.91 Å². The largest absolute Gasteiger partial charge is 0.497 e. The van der Waals surface area contributed by atoms with Gasteiger partial charge < -0.3 is 9.64 Å². The van der Waals surface area contributed by atoms with Gasteiger partial charge in [0.25, 0.3) is 5.91 Å². The van der Waals surface area contributed by atoms with Crippen molar-refractivity contribution in [2.75, 3.05) is 7.11 Å². The van der Waals surface area contributed by atoms with Gasteiger partial charge in [-0.05, 0) is 42.3 Å². The highest BCUT2D eigenvalue weighted by molar-refractivity contribution is 5.94. The van der Waals surface area contributed by atoms with E-state index < -0.39 is 0 Å². The monoisotopic (exact) mass is 345 g/mol. The Morgan fingerprint density at radius 1 is 0.885 bits per heavy atom. The quantitative estimate of drug-likeness (QED) is 0.622. The Bertz CT molecular complexity index is 829. The minimum absolute atomic E-state index is 0.00728. The molecular weight excluding hydrogens is 322 g/mol. The molecule has 0 fully saturated rings. The van der Waals surface area contributed by atoms with Crippen LogP contribution in [0.1, 0.15) is 34.5 Å². The lowest BCUT2D eigenvalue weighted by molar-refractivity contribution is 0.0674. The number of methoxy groups -OCH3 is 1. The van der Waals surface area contributed by atoms with Crippen LogP contribution in [-0.2, 0) is 6.54 Å². The molecule has 0 bridgehead atoms. The number of hydrogen-bond acceptors (Lipinski definition) is 2. The van der Waals surface area contributed by atoms with Gasteiger partial charge in [0.15, 0.2) is 0 Å². The predicted octanol–water partition coefficient (Wildman–Crippen LogP) is 5.10. The van der Waals surface area contributed by atoms with E-state index in [4.69, 9.17) is 4.74 Å². The van der Waals surface area contributed by atoms with Crippen LogP contribution in [-0.4, -0.2) is 17.9 Å². The van der Waals surface area contributed by atoms with Gasteiger partial charge in [-0.1, -0.05) is 60.7 Å². The lowest BCUT2D eigenvalue weighted by atomic mass is 10.0. The summed E-state index contributed by atoms with van der Waals surface area (Å²) in [5.74, 6) is 0.750. The fourth-order valence-corrected chi connectivity index (χ4v) is 2.98. The summed E-state index contributed by atoms with van der Waals surface area (Å²) in [6, 6.07) is 27.4. The fraction of sp³-hybridized carbons (Fsp3) is 0.174. The number of carbonyl (C=O) groups is 1. The van der Waals surface area contributed by atoms with Crippen molar-refractivity contribution in [1.82, 2.24) is 4.90 Å². The molecule has 26 heavy (non-hydrogen) atoms. The number of amides is 1. The van der Waals surface area contributed by atoms with E-state index in [2.05, 4.69) is 19.1 Å². The second kappa shape index (κ2) is 8.34. The third-order valence-corrected chi connectivity index (χ3v) is 4.54. The van der Waals surface area contributed by atoms with Crippen LogP contribution in [0.3, 0.4) is 0 Å². The second-order valence-corrected chi connectivity index (χ2v) is 6.23. The number of carbonyl (C=O) groups excluding carboxylic acids is 1. The zero-order valence-corrected chi connectivity index (χ0v) is 15.1. The first-order valence-electron chi connectivity index (χ1n) is 8.73. The average molecular weight is 345 g/mol. The minimum atomic E-state index is -0.0361. The third-order valence-electron chi connectivity index (χ3n) is 4.54. The standard InChI is InChI=1S/C23H23NO2/c1-18(20-11-7-4-8-12-20)24(17-19-9-5-3-6-10-19)23(25)21-13-15-22(26-2)16-14-21/h3-16,18H,17H2,1-2H3/t18-/m0/s1. The van der Waals surface area contributed by atoms with Crippen LogP contribution in [0.4, 0.5) is 0 Å². The Labute approximate surface area is 154 Å². The van der Waals surface area contributed by atoms with Crippen molar-refractivity contribution in [3.8, 4) is 5.75 Å². The molecule has 0 heterocycles. The summed E-state index contributed by atoms with van der Waals surface area (Å²) in [6.45, 7) is 2.63. The molecule has 0 radical (unpaired) electrons. The summed E-state index contributed by atoms with van der Waals surface area (Å²) < 4.78 is 5.20. The summed E-state index contributed by atoms with van der Waals surface area (Å²) in [4.78, 5) is 15.2. The zero-order valence-electron chi connectivity index (χ0n) is 15.1. The molecule has 0 saturated heterocycles.